The molecule has 2 heterocycles. The highest BCUT2D eigenvalue weighted by atomic mass is 35.7. The largest absolute Gasteiger partial charge is 0.444 e. The number of hydrogen-bond donors (Lipinski definition) is 0. The van der Waals surface area contributed by atoms with Crippen LogP contribution in [-0.2, 0) is 18.6 Å². The van der Waals surface area contributed by atoms with Crippen LogP contribution in [0.4, 0.5) is 4.79 Å². The van der Waals surface area contributed by atoms with Crippen LogP contribution in [0.5, 0.6) is 0 Å². The van der Waals surface area contributed by atoms with Crippen molar-refractivity contribution in [1.29, 1.82) is 0 Å². The molecule has 0 aromatic heterocycles. The summed E-state index contributed by atoms with van der Waals surface area (Å²) in [6.07, 6.45) is 2.68. The molecule has 0 aromatic rings. The molecule has 0 N–H and O–H groups in total. The summed E-state index contributed by atoms with van der Waals surface area (Å²) in [6.45, 7) is 7.91. The van der Waals surface area contributed by atoms with Crippen LogP contribution in [-0.4, -0.2) is 67.8 Å². The predicted molar refractivity (Wildman–Crippen MR) is 99.5 cm³/mol. The Morgan fingerprint density at radius 1 is 1.27 bits per heavy atom. The number of likely N-dealkylation sites (tertiary alicyclic amines) is 2. The lowest BCUT2D eigenvalue weighted by molar-refractivity contribution is -0.127. The fraction of sp³-hybridized carbons (Fsp3) is 0.882. The molecular formula is C17H29ClN2O5S. The smallest absolute Gasteiger partial charge is 0.410 e. The fourth-order valence-corrected chi connectivity index (χ4v) is 4.92. The number of piperidine rings is 1. The van der Waals surface area contributed by atoms with Crippen molar-refractivity contribution in [2.24, 2.45) is 11.8 Å². The maximum atomic E-state index is 12.2. The summed E-state index contributed by atoms with van der Waals surface area (Å²) in [6, 6.07) is 0. The average Bonchev–Trinajstić information content (AvgIpc) is 2.81. The summed E-state index contributed by atoms with van der Waals surface area (Å²) in [7, 11) is 1.71. The fourth-order valence-electron chi connectivity index (χ4n) is 3.59. The Bertz CT molecular complexity index is 632. The minimum atomic E-state index is -3.59. The van der Waals surface area contributed by atoms with Gasteiger partial charge in [-0.15, -0.1) is 0 Å². The van der Waals surface area contributed by atoms with Crippen LogP contribution in [0.1, 0.15) is 46.5 Å². The van der Waals surface area contributed by atoms with Crippen molar-refractivity contribution < 1.29 is 22.7 Å². The van der Waals surface area contributed by atoms with Crippen molar-refractivity contribution in [3.63, 3.8) is 0 Å². The number of hydrogen-bond acceptors (Lipinski definition) is 5. The summed E-state index contributed by atoms with van der Waals surface area (Å²) >= 11 is 0. The van der Waals surface area contributed by atoms with E-state index in [0.29, 0.717) is 32.1 Å². The first-order valence-corrected chi connectivity index (χ1v) is 11.6. The standard InChI is InChI=1S/C17H29ClN2O5S/c1-17(2,3)25-16(22)20-7-4-5-13(10-20)6-8-19-11-14(9-15(19)21)12-26(18,23)24/h13-14H,4-12H2,1-3H3. The van der Waals surface area contributed by atoms with Gasteiger partial charge in [-0.25, -0.2) is 13.2 Å². The molecule has 0 radical (unpaired) electrons. The van der Waals surface area contributed by atoms with Crippen LogP contribution in [0.3, 0.4) is 0 Å². The minimum absolute atomic E-state index is 0.0184. The van der Waals surface area contributed by atoms with Gasteiger partial charge >= 0.3 is 6.09 Å². The molecule has 150 valence electrons. The molecule has 2 atom stereocenters. The first kappa shape index (κ1) is 21.3. The van der Waals surface area contributed by atoms with E-state index in [1.165, 1.54) is 0 Å². The van der Waals surface area contributed by atoms with E-state index in [1.807, 2.05) is 20.8 Å². The average molecular weight is 409 g/mol. The van der Waals surface area contributed by atoms with Crippen molar-refractivity contribution in [2.75, 3.05) is 31.9 Å². The molecule has 0 aromatic carbocycles. The highest BCUT2D eigenvalue weighted by molar-refractivity contribution is 8.13. The molecule has 2 unspecified atom stereocenters. The Balaban J connectivity index is 1.80. The van der Waals surface area contributed by atoms with Gasteiger partial charge in [0.25, 0.3) is 0 Å². The van der Waals surface area contributed by atoms with Crippen molar-refractivity contribution in [3.8, 4) is 0 Å². The number of ether oxygens (including phenoxy) is 1. The molecule has 0 spiro atoms. The molecular weight excluding hydrogens is 380 g/mol. The third-order valence-corrected chi connectivity index (χ3v) is 5.95. The first-order valence-electron chi connectivity index (χ1n) is 9.11. The zero-order valence-electron chi connectivity index (χ0n) is 15.7. The van der Waals surface area contributed by atoms with E-state index >= 15 is 0 Å². The van der Waals surface area contributed by atoms with E-state index < -0.39 is 14.7 Å². The van der Waals surface area contributed by atoms with Crippen LogP contribution in [0.15, 0.2) is 0 Å². The van der Waals surface area contributed by atoms with Gasteiger partial charge in [-0.1, -0.05) is 0 Å². The summed E-state index contributed by atoms with van der Waals surface area (Å²) in [5.74, 6) is -0.0864. The van der Waals surface area contributed by atoms with E-state index in [-0.39, 0.29) is 30.1 Å². The molecule has 2 aliphatic heterocycles. The lowest BCUT2D eigenvalue weighted by Gasteiger charge is -2.34. The Labute approximate surface area is 160 Å². The summed E-state index contributed by atoms with van der Waals surface area (Å²) in [4.78, 5) is 27.8. The van der Waals surface area contributed by atoms with Gasteiger partial charge in [0.1, 0.15) is 5.60 Å². The molecule has 2 saturated heterocycles. The predicted octanol–water partition coefficient (Wildman–Crippen LogP) is 2.44. The summed E-state index contributed by atoms with van der Waals surface area (Å²) in [5.41, 5.74) is -0.510. The van der Waals surface area contributed by atoms with Crippen molar-refractivity contribution in [3.05, 3.63) is 0 Å². The van der Waals surface area contributed by atoms with Crippen LogP contribution in [0.2, 0.25) is 0 Å². The SMILES string of the molecule is CC(C)(C)OC(=O)N1CCCC(CCN2CC(CS(=O)(=O)Cl)CC2=O)C1. The Morgan fingerprint density at radius 2 is 1.96 bits per heavy atom. The highest BCUT2D eigenvalue weighted by Gasteiger charge is 2.33. The van der Waals surface area contributed by atoms with Crippen molar-refractivity contribution in [2.45, 2.75) is 52.1 Å². The Morgan fingerprint density at radius 3 is 2.58 bits per heavy atom. The molecule has 2 aliphatic rings. The molecule has 9 heteroatoms. The number of carbonyl (C=O) groups excluding carboxylic acids is 2. The van der Waals surface area contributed by atoms with Gasteiger partial charge in [-0.2, -0.15) is 0 Å². The van der Waals surface area contributed by atoms with Gasteiger partial charge in [0, 0.05) is 49.2 Å². The third kappa shape index (κ3) is 6.95. The van der Waals surface area contributed by atoms with Gasteiger partial charge in [-0.05, 0) is 46.0 Å². The quantitative estimate of drug-likeness (QED) is 0.652. The van der Waals surface area contributed by atoms with Crippen LogP contribution >= 0.6 is 10.7 Å². The number of nitrogens with zero attached hydrogens (tertiary/aromatic N) is 2. The number of halogens is 1. The van der Waals surface area contributed by atoms with Crippen LogP contribution in [0.25, 0.3) is 0 Å². The molecule has 0 bridgehead atoms. The monoisotopic (exact) mass is 408 g/mol. The lowest BCUT2D eigenvalue weighted by Crippen LogP contribution is -2.43. The van der Waals surface area contributed by atoms with Gasteiger partial charge in [0.05, 0.1) is 5.75 Å². The van der Waals surface area contributed by atoms with Crippen molar-refractivity contribution >= 4 is 31.7 Å². The van der Waals surface area contributed by atoms with E-state index in [0.717, 1.165) is 19.3 Å². The zero-order valence-corrected chi connectivity index (χ0v) is 17.3. The minimum Gasteiger partial charge on any atom is -0.444 e. The van der Waals surface area contributed by atoms with E-state index in [9.17, 15) is 18.0 Å². The van der Waals surface area contributed by atoms with Gasteiger partial charge in [0.15, 0.2) is 0 Å². The maximum Gasteiger partial charge on any atom is 0.410 e. The van der Waals surface area contributed by atoms with E-state index in [2.05, 4.69) is 0 Å². The third-order valence-electron chi connectivity index (χ3n) is 4.71. The Kier molecular flexibility index (Phi) is 6.82. The topological polar surface area (TPSA) is 84.0 Å². The summed E-state index contributed by atoms with van der Waals surface area (Å²) < 4.78 is 27.8. The normalized spacial score (nSPS) is 24.8. The van der Waals surface area contributed by atoms with Crippen LogP contribution < -0.4 is 0 Å². The van der Waals surface area contributed by atoms with Crippen molar-refractivity contribution in [1.82, 2.24) is 9.80 Å². The lowest BCUT2D eigenvalue weighted by atomic mass is 9.95. The molecule has 0 aliphatic carbocycles. The second kappa shape index (κ2) is 8.33. The molecule has 2 amide bonds. The van der Waals surface area contributed by atoms with Gasteiger partial charge < -0.3 is 14.5 Å². The second-order valence-electron chi connectivity index (χ2n) is 8.34. The highest BCUT2D eigenvalue weighted by Crippen LogP contribution is 2.25. The molecule has 26 heavy (non-hydrogen) atoms. The molecule has 2 rings (SSSR count). The van der Waals surface area contributed by atoms with Gasteiger partial charge in [-0.3, -0.25) is 4.79 Å². The first-order chi connectivity index (χ1) is 11.9. The molecule has 7 nitrogen and oxygen atoms in total. The number of amides is 2. The van der Waals surface area contributed by atoms with Crippen LogP contribution in [0, 0.1) is 11.8 Å². The number of rotatable bonds is 5. The molecule has 0 saturated carbocycles. The molecule has 2 fully saturated rings. The summed E-state index contributed by atoms with van der Waals surface area (Å²) in [5, 5.41) is 0. The maximum absolute atomic E-state index is 12.2. The van der Waals surface area contributed by atoms with E-state index in [1.54, 1.807) is 9.80 Å². The Hall–Kier alpha value is -1.02. The zero-order chi connectivity index (χ0) is 19.5. The number of carbonyl (C=O) groups is 2. The second-order valence-corrected chi connectivity index (χ2v) is 11.2. The van der Waals surface area contributed by atoms with E-state index in [4.69, 9.17) is 15.4 Å². The van der Waals surface area contributed by atoms with Gasteiger partial charge in [0.2, 0.25) is 15.0 Å².